The number of hydrogen-bond acceptors (Lipinski definition) is 7. The van der Waals surface area contributed by atoms with E-state index in [1.165, 1.54) is 36.1 Å². The minimum atomic E-state index is 0.582. The SMILES string of the molecule is C=CCn1c(Sc2nc(C3CC3)ns2)nnc1-c1cccs1. The standard InChI is InChI=1S/C14H13N5S3/c1-2-7-19-12(10-4-3-8-20-10)16-17-13(19)21-14-15-11(18-22-14)9-5-6-9/h2-4,8-9H,1,5-7H2. The normalized spacial score (nSPS) is 14.4. The Morgan fingerprint density at radius 2 is 2.32 bits per heavy atom. The van der Waals surface area contributed by atoms with Crippen molar-refractivity contribution in [3.05, 3.63) is 36.0 Å². The number of nitrogens with zero attached hydrogens (tertiary/aromatic N) is 5. The molecule has 1 aliphatic carbocycles. The molecule has 0 unspecified atom stereocenters. The van der Waals surface area contributed by atoms with Crippen molar-refractivity contribution in [2.24, 2.45) is 0 Å². The van der Waals surface area contributed by atoms with Gasteiger partial charge < -0.3 is 0 Å². The Kier molecular flexibility index (Phi) is 3.81. The molecular weight excluding hydrogens is 334 g/mol. The molecule has 1 fully saturated rings. The molecule has 0 amide bonds. The molecule has 112 valence electrons. The molecule has 0 saturated heterocycles. The van der Waals surface area contributed by atoms with Crippen LogP contribution in [0.25, 0.3) is 10.7 Å². The van der Waals surface area contributed by atoms with Crippen LogP contribution >= 0.6 is 34.6 Å². The molecule has 3 aromatic rings. The van der Waals surface area contributed by atoms with Crippen LogP contribution in [0.15, 0.2) is 39.7 Å². The predicted molar refractivity (Wildman–Crippen MR) is 89.5 cm³/mol. The van der Waals surface area contributed by atoms with E-state index < -0.39 is 0 Å². The van der Waals surface area contributed by atoms with Crippen molar-refractivity contribution < 1.29 is 0 Å². The van der Waals surface area contributed by atoms with E-state index in [1.807, 2.05) is 17.5 Å². The second-order valence-electron chi connectivity index (χ2n) is 4.98. The Morgan fingerprint density at radius 1 is 1.41 bits per heavy atom. The van der Waals surface area contributed by atoms with E-state index in [-0.39, 0.29) is 0 Å². The Labute approximate surface area is 140 Å². The molecule has 8 heteroatoms. The highest BCUT2D eigenvalue weighted by molar-refractivity contribution is 8.00. The molecule has 5 nitrogen and oxygen atoms in total. The smallest absolute Gasteiger partial charge is 0.198 e. The van der Waals surface area contributed by atoms with E-state index >= 15 is 0 Å². The van der Waals surface area contributed by atoms with Gasteiger partial charge in [-0.1, -0.05) is 12.1 Å². The summed E-state index contributed by atoms with van der Waals surface area (Å²) < 4.78 is 7.44. The molecule has 0 bridgehead atoms. The molecule has 1 aliphatic rings. The van der Waals surface area contributed by atoms with E-state index in [9.17, 15) is 0 Å². The van der Waals surface area contributed by atoms with Gasteiger partial charge in [0.25, 0.3) is 0 Å². The van der Waals surface area contributed by atoms with Crippen molar-refractivity contribution in [3.63, 3.8) is 0 Å². The lowest BCUT2D eigenvalue weighted by molar-refractivity contribution is 0.731. The van der Waals surface area contributed by atoms with Crippen LogP contribution in [0, 0.1) is 0 Å². The highest BCUT2D eigenvalue weighted by atomic mass is 32.2. The second-order valence-corrected chi connectivity index (χ2v) is 7.89. The molecule has 0 aromatic carbocycles. The van der Waals surface area contributed by atoms with E-state index in [0.717, 1.165) is 26.0 Å². The first-order valence-electron chi connectivity index (χ1n) is 6.94. The van der Waals surface area contributed by atoms with Gasteiger partial charge in [0.2, 0.25) is 0 Å². The first-order valence-corrected chi connectivity index (χ1v) is 9.41. The minimum absolute atomic E-state index is 0.582. The van der Waals surface area contributed by atoms with E-state index in [0.29, 0.717) is 12.5 Å². The van der Waals surface area contributed by atoms with Crippen LogP contribution in [0.1, 0.15) is 24.6 Å². The molecule has 0 radical (unpaired) electrons. The Hall–Kier alpha value is -1.51. The average Bonchev–Trinajstić information content (AvgIpc) is 2.94. The summed E-state index contributed by atoms with van der Waals surface area (Å²) in [5.74, 6) is 2.45. The number of aromatic nitrogens is 5. The third kappa shape index (κ3) is 2.73. The fraction of sp³-hybridized carbons (Fsp3) is 0.286. The minimum Gasteiger partial charge on any atom is -0.297 e. The number of hydrogen-bond donors (Lipinski definition) is 0. The highest BCUT2D eigenvalue weighted by Crippen LogP contribution is 2.40. The van der Waals surface area contributed by atoms with Crippen LogP contribution in [0.4, 0.5) is 0 Å². The van der Waals surface area contributed by atoms with Gasteiger partial charge in [-0.05, 0) is 47.6 Å². The molecule has 0 aliphatic heterocycles. The Bertz CT molecular complexity index is 785. The summed E-state index contributed by atoms with van der Waals surface area (Å²) in [7, 11) is 0. The molecule has 4 rings (SSSR count). The summed E-state index contributed by atoms with van der Waals surface area (Å²) in [4.78, 5) is 5.72. The fourth-order valence-corrected chi connectivity index (χ4v) is 4.44. The summed E-state index contributed by atoms with van der Waals surface area (Å²) >= 11 is 4.63. The van der Waals surface area contributed by atoms with Crippen molar-refractivity contribution in [3.8, 4) is 10.7 Å². The van der Waals surface area contributed by atoms with E-state index in [1.54, 1.807) is 11.3 Å². The van der Waals surface area contributed by atoms with Gasteiger partial charge in [-0.25, -0.2) is 4.98 Å². The van der Waals surface area contributed by atoms with Crippen molar-refractivity contribution in [2.45, 2.75) is 34.8 Å². The molecule has 1 saturated carbocycles. The van der Waals surface area contributed by atoms with Crippen molar-refractivity contribution >= 4 is 34.6 Å². The zero-order chi connectivity index (χ0) is 14.9. The van der Waals surface area contributed by atoms with Crippen molar-refractivity contribution in [1.29, 1.82) is 0 Å². The van der Waals surface area contributed by atoms with Gasteiger partial charge in [0.15, 0.2) is 15.3 Å². The lowest BCUT2D eigenvalue weighted by Gasteiger charge is -2.04. The third-order valence-corrected chi connectivity index (χ3v) is 5.93. The van der Waals surface area contributed by atoms with Gasteiger partial charge in [-0.3, -0.25) is 4.57 Å². The van der Waals surface area contributed by atoms with Gasteiger partial charge in [-0.15, -0.1) is 28.1 Å². The highest BCUT2D eigenvalue weighted by Gasteiger charge is 2.28. The van der Waals surface area contributed by atoms with Crippen LogP contribution in [0.3, 0.4) is 0 Å². The maximum atomic E-state index is 4.61. The summed E-state index contributed by atoms with van der Waals surface area (Å²) in [5, 5.41) is 11.5. The molecule has 22 heavy (non-hydrogen) atoms. The van der Waals surface area contributed by atoms with Gasteiger partial charge in [0.1, 0.15) is 5.82 Å². The first kappa shape index (κ1) is 14.1. The molecule has 0 N–H and O–H groups in total. The molecule has 0 spiro atoms. The maximum absolute atomic E-state index is 4.61. The Morgan fingerprint density at radius 3 is 3.05 bits per heavy atom. The molecule has 0 atom stereocenters. The first-order chi connectivity index (χ1) is 10.8. The van der Waals surface area contributed by atoms with Crippen molar-refractivity contribution in [1.82, 2.24) is 24.1 Å². The number of thiophene rings is 1. The lowest BCUT2D eigenvalue weighted by Crippen LogP contribution is -1.99. The topological polar surface area (TPSA) is 56.5 Å². The third-order valence-electron chi connectivity index (χ3n) is 3.31. The predicted octanol–water partition coefficient (Wildman–Crippen LogP) is 4.07. The van der Waals surface area contributed by atoms with Gasteiger partial charge >= 0.3 is 0 Å². The van der Waals surface area contributed by atoms with E-state index in [2.05, 4.69) is 36.8 Å². The monoisotopic (exact) mass is 347 g/mol. The lowest BCUT2D eigenvalue weighted by atomic mass is 10.4. The fourth-order valence-electron chi connectivity index (χ4n) is 2.09. The van der Waals surface area contributed by atoms with Crippen LogP contribution in [-0.2, 0) is 6.54 Å². The Balaban J connectivity index is 1.63. The van der Waals surface area contributed by atoms with Gasteiger partial charge in [0.05, 0.1) is 4.88 Å². The maximum Gasteiger partial charge on any atom is 0.198 e. The average molecular weight is 347 g/mol. The number of rotatable bonds is 6. The van der Waals surface area contributed by atoms with Crippen LogP contribution in [0.2, 0.25) is 0 Å². The summed E-state index contributed by atoms with van der Waals surface area (Å²) in [6.45, 7) is 4.51. The van der Waals surface area contributed by atoms with Gasteiger partial charge in [-0.2, -0.15) is 4.37 Å². The molecule has 3 heterocycles. The van der Waals surface area contributed by atoms with Crippen LogP contribution in [0.5, 0.6) is 0 Å². The van der Waals surface area contributed by atoms with Crippen molar-refractivity contribution in [2.75, 3.05) is 0 Å². The number of allylic oxidation sites excluding steroid dienone is 1. The zero-order valence-electron chi connectivity index (χ0n) is 11.7. The van der Waals surface area contributed by atoms with E-state index in [4.69, 9.17) is 0 Å². The quantitative estimate of drug-likeness (QED) is 0.629. The molecular formula is C14H13N5S3. The van der Waals surface area contributed by atoms with Crippen LogP contribution < -0.4 is 0 Å². The zero-order valence-corrected chi connectivity index (χ0v) is 14.1. The van der Waals surface area contributed by atoms with Gasteiger partial charge in [0, 0.05) is 12.5 Å². The largest absolute Gasteiger partial charge is 0.297 e. The summed E-state index contributed by atoms with van der Waals surface area (Å²) in [6.07, 6.45) is 4.30. The summed E-state index contributed by atoms with van der Waals surface area (Å²) in [6, 6.07) is 4.07. The van der Waals surface area contributed by atoms with Crippen LogP contribution in [-0.4, -0.2) is 24.1 Å². The summed E-state index contributed by atoms with van der Waals surface area (Å²) in [5.41, 5.74) is 0. The second kappa shape index (κ2) is 5.94. The molecule has 3 aromatic heterocycles.